The van der Waals surface area contributed by atoms with Crippen LogP contribution >= 0.6 is 0 Å². The van der Waals surface area contributed by atoms with E-state index in [9.17, 15) is 4.79 Å². The molecule has 1 saturated carbocycles. The summed E-state index contributed by atoms with van der Waals surface area (Å²) in [6.45, 7) is 2.01. The summed E-state index contributed by atoms with van der Waals surface area (Å²) in [4.78, 5) is 17.0. The van der Waals surface area contributed by atoms with Crippen LogP contribution in [0.4, 0.5) is 5.69 Å². The Morgan fingerprint density at radius 3 is 2.88 bits per heavy atom. The molecule has 86 valence electrons. The van der Waals surface area contributed by atoms with E-state index in [4.69, 9.17) is 4.84 Å². The normalized spacial score (nSPS) is 20.8. The van der Waals surface area contributed by atoms with Crippen LogP contribution in [0.2, 0.25) is 0 Å². The molecule has 0 radical (unpaired) electrons. The average Bonchev–Trinajstić information content (AvgIpc) is 2.30. The van der Waals surface area contributed by atoms with Gasteiger partial charge in [0.1, 0.15) is 6.10 Å². The van der Waals surface area contributed by atoms with Gasteiger partial charge in [-0.2, -0.15) is 0 Å². The number of benzene rings is 1. The molecule has 1 atom stereocenters. The summed E-state index contributed by atoms with van der Waals surface area (Å²) in [5.74, 6) is 0.215. The minimum Gasteiger partial charge on any atom is -0.297 e. The Labute approximate surface area is 95.8 Å². The standard InChI is InChI=1S/C13H17NO2/c1-10-6-2-3-7-11(10)14-16-13-9-5-4-8-12(13)15/h2-3,6-7,13-14H,4-5,8-9H2,1H3. The van der Waals surface area contributed by atoms with Crippen molar-refractivity contribution in [2.45, 2.75) is 38.7 Å². The number of rotatable bonds is 3. The Morgan fingerprint density at radius 1 is 1.31 bits per heavy atom. The van der Waals surface area contributed by atoms with Crippen molar-refractivity contribution < 1.29 is 9.63 Å². The Balaban J connectivity index is 1.92. The fraction of sp³-hybridized carbons (Fsp3) is 0.462. The molecule has 0 saturated heterocycles. The summed E-state index contributed by atoms with van der Waals surface area (Å²) in [6.07, 6.45) is 3.29. The van der Waals surface area contributed by atoms with Crippen molar-refractivity contribution in [2.75, 3.05) is 5.48 Å². The SMILES string of the molecule is Cc1ccccc1NOC1CCCCC1=O. The summed E-state index contributed by atoms with van der Waals surface area (Å²) in [5.41, 5.74) is 4.94. The van der Waals surface area contributed by atoms with Gasteiger partial charge in [-0.25, -0.2) is 0 Å². The van der Waals surface area contributed by atoms with Gasteiger partial charge in [0.2, 0.25) is 0 Å². The first-order valence-electron chi connectivity index (χ1n) is 5.77. The molecule has 0 bridgehead atoms. The molecule has 2 rings (SSSR count). The average molecular weight is 219 g/mol. The smallest absolute Gasteiger partial charge is 0.164 e. The van der Waals surface area contributed by atoms with Crippen molar-refractivity contribution in [3.05, 3.63) is 29.8 Å². The second-order valence-electron chi connectivity index (χ2n) is 4.24. The zero-order valence-electron chi connectivity index (χ0n) is 9.53. The van der Waals surface area contributed by atoms with E-state index in [0.29, 0.717) is 6.42 Å². The van der Waals surface area contributed by atoms with Crippen LogP contribution in [0, 0.1) is 6.92 Å². The Morgan fingerprint density at radius 2 is 2.12 bits per heavy atom. The number of carbonyl (C=O) groups excluding carboxylic acids is 1. The third-order valence-corrected chi connectivity index (χ3v) is 2.95. The van der Waals surface area contributed by atoms with E-state index in [2.05, 4.69) is 5.48 Å². The van der Waals surface area contributed by atoms with Crippen LogP contribution in [0.5, 0.6) is 0 Å². The number of aryl methyl sites for hydroxylation is 1. The summed E-state index contributed by atoms with van der Waals surface area (Å²) in [5, 5.41) is 0. The molecule has 3 nitrogen and oxygen atoms in total. The molecular formula is C13H17NO2. The number of nitrogens with one attached hydrogen (secondary N) is 1. The van der Waals surface area contributed by atoms with E-state index in [1.165, 1.54) is 0 Å². The van der Waals surface area contributed by atoms with E-state index in [1.807, 2.05) is 31.2 Å². The number of carbonyl (C=O) groups is 1. The predicted octanol–water partition coefficient (Wildman–Crippen LogP) is 2.85. The van der Waals surface area contributed by atoms with Gasteiger partial charge in [-0.1, -0.05) is 18.2 Å². The van der Waals surface area contributed by atoms with Gasteiger partial charge in [0.05, 0.1) is 5.69 Å². The third-order valence-electron chi connectivity index (χ3n) is 2.95. The molecule has 1 N–H and O–H groups in total. The topological polar surface area (TPSA) is 38.3 Å². The van der Waals surface area contributed by atoms with Gasteiger partial charge in [0.15, 0.2) is 5.78 Å². The van der Waals surface area contributed by atoms with E-state index in [-0.39, 0.29) is 11.9 Å². The van der Waals surface area contributed by atoms with Crippen molar-refractivity contribution in [3.8, 4) is 0 Å². The van der Waals surface area contributed by atoms with Gasteiger partial charge in [-0.05, 0) is 37.8 Å². The van der Waals surface area contributed by atoms with Crippen LogP contribution < -0.4 is 5.48 Å². The molecule has 1 aliphatic rings. The number of ketones is 1. The minimum atomic E-state index is -0.270. The van der Waals surface area contributed by atoms with Gasteiger partial charge in [-0.3, -0.25) is 15.1 Å². The molecular weight excluding hydrogens is 202 g/mol. The lowest BCUT2D eigenvalue weighted by atomic mass is 9.97. The van der Waals surface area contributed by atoms with E-state index in [1.54, 1.807) is 0 Å². The first kappa shape index (κ1) is 11.1. The van der Waals surface area contributed by atoms with Crippen LogP contribution in [-0.4, -0.2) is 11.9 Å². The zero-order valence-corrected chi connectivity index (χ0v) is 9.53. The van der Waals surface area contributed by atoms with Crippen molar-refractivity contribution in [2.24, 2.45) is 0 Å². The van der Waals surface area contributed by atoms with Gasteiger partial charge in [0.25, 0.3) is 0 Å². The first-order chi connectivity index (χ1) is 7.77. The number of para-hydroxylation sites is 1. The van der Waals surface area contributed by atoms with Crippen molar-refractivity contribution in [3.63, 3.8) is 0 Å². The number of Topliss-reactive ketones (excluding diaryl/α,β-unsaturated/α-hetero) is 1. The Hall–Kier alpha value is -1.35. The lowest BCUT2D eigenvalue weighted by molar-refractivity contribution is -0.131. The highest BCUT2D eigenvalue weighted by atomic mass is 16.7. The highest BCUT2D eigenvalue weighted by Crippen LogP contribution is 2.19. The summed E-state index contributed by atoms with van der Waals surface area (Å²) in [7, 11) is 0. The molecule has 0 amide bonds. The highest BCUT2D eigenvalue weighted by molar-refractivity contribution is 5.83. The number of hydrogen-bond donors (Lipinski definition) is 1. The lowest BCUT2D eigenvalue weighted by Crippen LogP contribution is -2.29. The van der Waals surface area contributed by atoms with Crippen LogP contribution in [0.25, 0.3) is 0 Å². The second-order valence-corrected chi connectivity index (χ2v) is 4.24. The van der Waals surface area contributed by atoms with Crippen LogP contribution in [0.3, 0.4) is 0 Å². The Bertz CT molecular complexity index is 376. The maximum atomic E-state index is 11.5. The highest BCUT2D eigenvalue weighted by Gasteiger charge is 2.23. The van der Waals surface area contributed by atoms with Crippen LogP contribution in [0.15, 0.2) is 24.3 Å². The summed E-state index contributed by atoms with van der Waals surface area (Å²) >= 11 is 0. The molecule has 0 heterocycles. The predicted molar refractivity (Wildman–Crippen MR) is 63.1 cm³/mol. The van der Waals surface area contributed by atoms with Gasteiger partial charge in [-0.15, -0.1) is 0 Å². The van der Waals surface area contributed by atoms with E-state index < -0.39 is 0 Å². The van der Waals surface area contributed by atoms with Gasteiger partial charge >= 0.3 is 0 Å². The van der Waals surface area contributed by atoms with E-state index in [0.717, 1.165) is 30.5 Å². The molecule has 1 unspecified atom stereocenters. The minimum absolute atomic E-state index is 0.215. The second kappa shape index (κ2) is 5.12. The molecule has 1 aromatic rings. The molecule has 1 fully saturated rings. The summed E-state index contributed by atoms with van der Waals surface area (Å²) < 4.78 is 0. The quantitative estimate of drug-likeness (QED) is 0.794. The largest absolute Gasteiger partial charge is 0.297 e. The van der Waals surface area contributed by atoms with Gasteiger partial charge < -0.3 is 0 Å². The third kappa shape index (κ3) is 2.61. The summed E-state index contributed by atoms with van der Waals surface area (Å²) in [6, 6.07) is 7.88. The molecule has 1 aliphatic carbocycles. The van der Waals surface area contributed by atoms with Crippen molar-refractivity contribution >= 4 is 11.5 Å². The zero-order chi connectivity index (χ0) is 11.4. The fourth-order valence-electron chi connectivity index (χ4n) is 1.90. The fourth-order valence-corrected chi connectivity index (χ4v) is 1.90. The number of hydrogen-bond acceptors (Lipinski definition) is 3. The van der Waals surface area contributed by atoms with Crippen LogP contribution in [-0.2, 0) is 9.63 Å². The molecule has 0 aliphatic heterocycles. The molecule has 0 aromatic heterocycles. The Kier molecular flexibility index (Phi) is 3.57. The molecule has 0 spiro atoms. The van der Waals surface area contributed by atoms with Crippen molar-refractivity contribution in [1.29, 1.82) is 0 Å². The monoisotopic (exact) mass is 219 g/mol. The van der Waals surface area contributed by atoms with Gasteiger partial charge in [0, 0.05) is 6.42 Å². The lowest BCUT2D eigenvalue weighted by Gasteiger charge is -2.21. The molecule has 3 heteroatoms. The number of anilines is 1. The van der Waals surface area contributed by atoms with Crippen LogP contribution in [0.1, 0.15) is 31.2 Å². The first-order valence-corrected chi connectivity index (χ1v) is 5.77. The maximum Gasteiger partial charge on any atom is 0.164 e. The molecule has 1 aromatic carbocycles. The maximum absolute atomic E-state index is 11.5. The van der Waals surface area contributed by atoms with Crippen molar-refractivity contribution in [1.82, 2.24) is 0 Å². The molecule has 16 heavy (non-hydrogen) atoms. The van der Waals surface area contributed by atoms with E-state index >= 15 is 0 Å².